The van der Waals surface area contributed by atoms with Crippen LogP contribution in [-0.4, -0.2) is 27.0 Å². The van der Waals surface area contributed by atoms with E-state index in [0.717, 1.165) is 12.8 Å². The highest BCUT2D eigenvalue weighted by Gasteiger charge is 2.25. The molecule has 7 heteroatoms. The predicted molar refractivity (Wildman–Crippen MR) is 71.1 cm³/mol. The molecule has 0 unspecified atom stereocenters. The number of carbonyl (C=O) groups is 1. The summed E-state index contributed by atoms with van der Waals surface area (Å²) in [6.45, 7) is 2.05. The first-order valence-electron chi connectivity index (χ1n) is 5.94. The van der Waals surface area contributed by atoms with Gasteiger partial charge in [0.25, 0.3) is 15.0 Å². The van der Waals surface area contributed by atoms with E-state index in [9.17, 15) is 13.2 Å². The molecule has 104 valence electrons. The van der Waals surface area contributed by atoms with Gasteiger partial charge in [0.05, 0.1) is 6.61 Å². The lowest BCUT2D eigenvalue weighted by Crippen LogP contribution is -2.25. The zero-order chi connectivity index (χ0) is 14.0. The highest BCUT2D eigenvalue weighted by atomic mass is 35.7. The van der Waals surface area contributed by atoms with Gasteiger partial charge in [0, 0.05) is 22.3 Å². The Labute approximate surface area is 116 Å². The molecule has 1 aromatic carbocycles. The minimum atomic E-state index is -3.96. The summed E-state index contributed by atoms with van der Waals surface area (Å²) < 4.78 is 28.2. The van der Waals surface area contributed by atoms with Gasteiger partial charge >= 0.3 is 0 Å². The maximum absolute atomic E-state index is 11.9. The summed E-state index contributed by atoms with van der Waals surface area (Å²) in [5, 5.41) is 2.78. The third-order valence-corrected chi connectivity index (χ3v) is 4.02. The molecule has 0 heterocycles. The molecule has 1 N–H and O–H groups in total. The van der Waals surface area contributed by atoms with Crippen LogP contribution in [0.5, 0.6) is 5.75 Å². The lowest BCUT2D eigenvalue weighted by Gasteiger charge is -2.10. The Bertz CT molecular complexity index is 596. The molecular weight excluding hydrogens is 290 g/mol. The Morgan fingerprint density at radius 3 is 2.68 bits per heavy atom. The maximum atomic E-state index is 11.9. The van der Waals surface area contributed by atoms with Gasteiger partial charge in [-0.05, 0) is 38.0 Å². The van der Waals surface area contributed by atoms with Crippen LogP contribution in [0.1, 0.15) is 30.1 Å². The standard InChI is InChI=1S/C12H14ClNO4S/c1-2-18-10-6-3-8(7-11(10)19(13,16)17)12(15)14-9-4-5-9/h3,6-7,9H,2,4-5H2,1H3,(H,14,15). The largest absolute Gasteiger partial charge is 0.492 e. The van der Waals surface area contributed by atoms with E-state index in [2.05, 4.69) is 5.32 Å². The van der Waals surface area contributed by atoms with Gasteiger partial charge in [0.2, 0.25) is 0 Å². The number of carbonyl (C=O) groups excluding carboxylic acids is 1. The zero-order valence-corrected chi connectivity index (χ0v) is 11.9. The molecule has 1 aliphatic carbocycles. The number of hydrogen-bond donors (Lipinski definition) is 1. The molecule has 1 fully saturated rings. The van der Waals surface area contributed by atoms with Crippen molar-refractivity contribution in [2.24, 2.45) is 0 Å². The van der Waals surface area contributed by atoms with Gasteiger partial charge in [-0.1, -0.05) is 0 Å². The third-order valence-electron chi connectivity index (χ3n) is 2.68. The number of halogens is 1. The number of ether oxygens (including phenoxy) is 1. The van der Waals surface area contributed by atoms with Crippen molar-refractivity contribution in [3.8, 4) is 5.75 Å². The first kappa shape index (κ1) is 14.1. The number of nitrogens with one attached hydrogen (secondary N) is 1. The molecule has 0 radical (unpaired) electrons. The molecule has 0 saturated heterocycles. The maximum Gasteiger partial charge on any atom is 0.265 e. The van der Waals surface area contributed by atoms with Gasteiger partial charge in [-0.15, -0.1) is 0 Å². The third kappa shape index (κ3) is 3.61. The molecule has 2 rings (SSSR count). The van der Waals surface area contributed by atoms with Crippen LogP contribution >= 0.6 is 10.7 Å². The van der Waals surface area contributed by atoms with E-state index in [1.807, 2.05) is 0 Å². The van der Waals surface area contributed by atoms with Crippen LogP contribution in [0.25, 0.3) is 0 Å². The summed E-state index contributed by atoms with van der Waals surface area (Å²) in [7, 11) is 1.40. The normalized spacial score (nSPS) is 15.1. The topological polar surface area (TPSA) is 72.5 Å². The molecule has 0 aliphatic heterocycles. The van der Waals surface area contributed by atoms with Crippen molar-refractivity contribution in [3.05, 3.63) is 23.8 Å². The zero-order valence-electron chi connectivity index (χ0n) is 10.3. The van der Waals surface area contributed by atoms with E-state index in [1.54, 1.807) is 6.92 Å². The predicted octanol–water partition coefficient (Wildman–Crippen LogP) is 1.90. The molecule has 1 aromatic rings. The van der Waals surface area contributed by atoms with Crippen LogP contribution in [0.2, 0.25) is 0 Å². The molecule has 1 aliphatic rings. The lowest BCUT2D eigenvalue weighted by molar-refractivity contribution is 0.0951. The summed E-state index contributed by atoms with van der Waals surface area (Å²) in [6.07, 6.45) is 1.92. The van der Waals surface area contributed by atoms with E-state index in [0.29, 0.717) is 6.61 Å². The molecule has 1 amide bonds. The monoisotopic (exact) mass is 303 g/mol. The second-order valence-electron chi connectivity index (χ2n) is 4.28. The molecular formula is C12H14ClNO4S. The summed E-state index contributed by atoms with van der Waals surface area (Å²) in [6, 6.07) is 4.41. The van der Waals surface area contributed by atoms with Gasteiger partial charge in [-0.3, -0.25) is 4.79 Å². The van der Waals surface area contributed by atoms with Crippen molar-refractivity contribution >= 4 is 25.6 Å². The first-order chi connectivity index (χ1) is 8.91. The van der Waals surface area contributed by atoms with Gasteiger partial charge in [-0.25, -0.2) is 8.42 Å². The van der Waals surface area contributed by atoms with Crippen LogP contribution in [-0.2, 0) is 9.05 Å². The van der Waals surface area contributed by atoms with Crippen LogP contribution in [0.15, 0.2) is 23.1 Å². The highest BCUT2D eigenvalue weighted by Crippen LogP contribution is 2.28. The number of benzene rings is 1. The second kappa shape index (κ2) is 5.38. The average Bonchev–Trinajstić information content (AvgIpc) is 3.12. The van der Waals surface area contributed by atoms with E-state index in [-0.39, 0.29) is 28.2 Å². The summed E-state index contributed by atoms with van der Waals surface area (Å²) in [5.74, 6) is -0.146. The molecule has 1 saturated carbocycles. The second-order valence-corrected chi connectivity index (χ2v) is 6.81. The van der Waals surface area contributed by atoms with Gasteiger partial charge < -0.3 is 10.1 Å². The average molecular weight is 304 g/mol. The Hall–Kier alpha value is -1.27. The minimum Gasteiger partial charge on any atom is -0.492 e. The molecule has 0 aromatic heterocycles. The van der Waals surface area contributed by atoms with Crippen LogP contribution in [0.4, 0.5) is 0 Å². The SMILES string of the molecule is CCOc1ccc(C(=O)NC2CC2)cc1S(=O)(=O)Cl. The molecule has 0 spiro atoms. The molecule has 0 atom stereocenters. The van der Waals surface area contributed by atoms with Crippen LogP contribution < -0.4 is 10.1 Å². The van der Waals surface area contributed by atoms with E-state index in [1.165, 1.54) is 18.2 Å². The molecule has 0 bridgehead atoms. The fraction of sp³-hybridized carbons (Fsp3) is 0.417. The fourth-order valence-corrected chi connectivity index (χ4v) is 2.61. The smallest absolute Gasteiger partial charge is 0.265 e. The Balaban J connectivity index is 2.34. The summed E-state index contributed by atoms with van der Waals surface area (Å²) in [4.78, 5) is 11.7. The van der Waals surface area contributed by atoms with Crippen molar-refractivity contribution in [3.63, 3.8) is 0 Å². The van der Waals surface area contributed by atoms with Crippen LogP contribution in [0.3, 0.4) is 0 Å². The van der Waals surface area contributed by atoms with Gasteiger partial charge in [-0.2, -0.15) is 0 Å². The Morgan fingerprint density at radius 1 is 1.47 bits per heavy atom. The van der Waals surface area contributed by atoms with Gasteiger partial charge in [0.1, 0.15) is 10.6 Å². The van der Waals surface area contributed by atoms with Crippen molar-refractivity contribution in [2.45, 2.75) is 30.7 Å². The number of rotatable bonds is 5. The summed E-state index contributed by atoms with van der Waals surface area (Å²) in [5.41, 5.74) is 0.259. The number of amides is 1. The van der Waals surface area contributed by atoms with E-state index < -0.39 is 9.05 Å². The highest BCUT2D eigenvalue weighted by molar-refractivity contribution is 8.13. The van der Waals surface area contributed by atoms with E-state index >= 15 is 0 Å². The van der Waals surface area contributed by atoms with Crippen LogP contribution in [0, 0.1) is 0 Å². The minimum absolute atomic E-state index is 0.153. The fourth-order valence-electron chi connectivity index (χ4n) is 1.61. The van der Waals surface area contributed by atoms with Crippen molar-refractivity contribution < 1.29 is 17.9 Å². The lowest BCUT2D eigenvalue weighted by atomic mass is 10.2. The Morgan fingerprint density at radius 2 is 2.16 bits per heavy atom. The summed E-state index contributed by atoms with van der Waals surface area (Å²) >= 11 is 0. The molecule has 5 nitrogen and oxygen atoms in total. The Kier molecular flexibility index (Phi) is 4.01. The van der Waals surface area contributed by atoms with Crippen molar-refractivity contribution in [1.29, 1.82) is 0 Å². The van der Waals surface area contributed by atoms with Crippen molar-refractivity contribution in [1.82, 2.24) is 5.32 Å². The molecule has 19 heavy (non-hydrogen) atoms. The van der Waals surface area contributed by atoms with Crippen molar-refractivity contribution in [2.75, 3.05) is 6.61 Å². The van der Waals surface area contributed by atoms with E-state index in [4.69, 9.17) is 15.4 Å². The first-order valence-corrected chi connectivity index (χ1v) is 8.25. The quantitative estimate of drug-likeness (QED) is 0.843. The number of hydrogen-bond acceptors (Lipinski definition) is 4. The van der Waals surface area contributed by atoms with Gasteiger partial charge in [0.15, 0.2) is 0 Å².